The fourth-order valence-electron chi connectivity index (χ4n) is 2.38. The first-order valence-electron chi connectivity index (χ1n) is 6.72. The van der Waals surface area contributed by atoms with Crippen molar-refractivity contribution in [3.63, 3.8) is 0 Å². The molecule has 22 heavy (non-hydrogen) atoms. The molecule has 1 aliphatic heterocycles. The number of fused-ring (bicyclic) bond motifs is 1. The number of ether oxygens (including phenoxy) is 3. The molecule has 0 amide bonds. The van der Waals surface area contributed by atoms with Crippen LogP contribution in [0.15, 0.2) is 46.6 Å². The molecular formula is C17H15BrO4. The molecule has 1 aliphatic rings. The first-order valence-corrected chi connectivity index (χ1v) is 7.51. The lowest BCUT2D eigenvalue weighted by molar-refractivity contribution is 0.193. The Labute approximate surface area is 137 Å². The van der Waals surface area contributed by atoms with Gasteiger partial charge >= 0.3 is 0 Å². The molecule has 1 unspecified atom stereocenters. The second-order valence-electron chi connectivity index (χ2n) is 4.82. The standard InChI is InChI=1S/C17H15BrO4/c1-20-14-7-10(12(18)9-15(14)21-2)8-16-17(19)11-5-3-4-6-13(11)22-16/h3-9,17,19H,1-2H3. The van der Waals surface area contributed by atoms with Gasteiger partial charge in [-0.15, -0.1) is 0 Å². The summed E-state index contributed by atoms with van der Waals surface area (Å²) in [6.07, 6.45) is 1.02. The second-order valence-corrected chi connectivity index (χ2v) is 5.67. The van der Waals surface area contributed by atoms with Gasteiger partial charge in [-0.2, -0.15) is 0 Å². The van der Waals surface area contributed by atoms with Crippen molar-refractivity contribution in [1.82, 2.24) is 0 Å². The lowest BCUT2D eigenvalue weighted by Crippen LogP contribution is -1.98. The Morgan fingerprint density at radius 1 is 1.14 bits per heavy atom. The molecule has 0 spiro atoms. The lowest BCUT2D eigenvalue weighted by Gasteiger charge is -2.11. The molecule has 1 heterocycles. The predicted molar refractivity (Wildman–Crippen MR) is 87.3 cm³/mol. The van der Waals surface area contributed by atoms with Crippen LogP contribution in [0.4, 0.5) is 0 Å². The Bertz CT molecular complexity index is 739. The number of halogens is 1. The topological polar surface area (TPSA) is 47.9 Å². The van der Waals surface area contributed by atoms with E-state index in [9.17, 15) is 5.11 Å². The number of aliphatic hydroxyl groups excluding tert-OH is 1. The van der Waals surface area contributed by atoms with Gasteiger partial charge in [-0.25, -0.2) is 0 Å². The molecule has 0 fully saturated rings. The van der Waals surface area contributed by atoms with Crippen LogP contribution in [0.1, 0.15) is 17.2 Å². The first kappa shape index (κ1) is 14.9. The van der Waals surface area contributed by atoms with Gasteiger partial charge in [0.1, 0.15) is 17.6 Å². The molecule has 1 atom stereocenters. The van der Waals surface area contributed by atoms with Gasteiger partial charge in [-0.1, -0.05) is 34.1 Å². The maximum atomic E-state index is 10.4. The normalized spacial score (nSPS) is 18.0. The first-order chi connectivity index (χ1) is 10.6. The van der Waals surface area contributed by atoms with Crippen LogP contribution in [-0.4, -0.2) is 19.3 Å². The molecule has 5 heteroatoms. The molecule has 0 aliphatic carbocycles. The largest absolute Gasteiger partial charge is 0.493 e. The van der Waals surface area contributed by atoms with Crippen LogP contribution in [0.2, 0.25) is 0 Å². The summed E-state index contributed by atoms with van der Waals surface area (Å²) in [6, 6.07) is 11.1. The molecule has 0 radical (unpaired) electrons. The number of benzene rings is 2. The van der Waals surface area contributed by atoms with Crippen LogP contribution >= 0.6 is 15.9 Å². The minimum absolute atomic E-state index is 0.481. The van der Waals surface area contributed by atoms with E-state index in [1.54, 1.807) is 20.3 Å². The van der Waals surface area contributed by atoms with Crippen molar-refractivity contribution in [1.29, 1.82) is 0 Å². The molecule has 0 saturated heterocycles. The molecule has 3 rings (SSSR count). The summed E-state index contributed by atoms with van der Waals surface area (Å²) in [5.74, 6) is 2.40. The Hall–Kier alpha value is -1.98. The number of methoxy groups -OCH3 is 2. The summed E-state index contributed by atoms with van der Waals surface area (Å²) in [6.45, 7) is 0. The lowest BCUT2D eigenvalue weighted by atomic mass is 10.1. The van der Waals surface area contributed by atoms with Gasteiger partial charge in [0.05, 0.1) is 14.2 Å². The molecular weight excluding hydrogens is 348 g/mol. The molecule has 1 N–H and O–H groups in total. The van der Waals surface area contributed by atoms with Crippen molar-refractivity contribution in [2.24, 2.45) is 0 Å². The van der Waals surface area contributed by atoms with Crippen molar-refractivity contribution in [3.05, 3.63) is 57.8 Å². The fourth-order valence-corrected chi connectivity index (χ4v) is 2.81. The smallest absolute Gasteiger partial charge is 0.161 e. The van der Waals surface area contributed by atoms with Crippen LogP contribution in [0, 0.1) is 0 Å². The summed E-state index contributed by atoms with van der Waals surface area (Å²) in [5.41, 5.74) is 1.60. The van der Waals surface area contributed by atoms with Crippen LogP contribution in [0.5, 0.6) is 17.2 Å². The van der Waals surface area contributed by atoms with Crippen LogP contribution < -0.4 is 14.2 Å². The van der Waals surface area contributed by atoms with E-state index in [1.165, 1.54) is 0 Å². The highest BCUT2D eigenvalue weighted by atomic mass is 79.9. The average Bonchev–Trinajstić information content (AvgIpc) is 2.85. The van der Waals surface area contributed by atoms with Crippen molar-refractivity contribution < 1.29 is 19.3 Å². The highest BCUT2D eigenvalue weighted by molar-refractivity contribution is 9.10. The van der Waals surface area contributed by atoms with Crippen LogP contribution in [-0.2, 0) is 0 Å². The maximum absolute atomic E-state index is 10.4. The van der Waals surface area contributed by atoms with E-state index >= 15 is 0 Å². The predicted octanol–water partition coefficient (Wildman–Crippen LogP) is 3.93. The van der Waals surface area contributed by atoms with E-state index in [-0.39, 0.29) is 0 Å². The van der Waals surface area contributed by atoms with Crippen molar-refractivity contribution in [3.8, 4) is 17.2 Å². The van der Waals surface area contributed by atoms with Gasteiger partial charge in [-0.05, 0) is 29.8 Å². The Morgan fingerprint density at radius 2 is 1.82 bits per heavy atom. The Kier molecular flexibility index (Phi) is 4.09. The number of hydrogen-bond acceptors (Lipinski definition) is 4. The van der Waals surface area contributed by atoms with E-state index in [0.29, 0.717) is 23.0 Å². The molecule has 2 aromatic rings. The maximum Gasteiger partial charge on any atom is 0.161 e. The van der Waals surface area contributed by atoms with E-state index in [4.69, 9.17) is 14.2 Å². The van der Waals surface area contributed by atoms with E-state index < -0.39 is 6.10 Å². The summed E-state index contributed by atoms with van der Waals surface area (Å²) >= 11 is 3.50. The van der Waals surface area contributed by atoms with Gasteiger partial charge in [0.15, 0.2) is 11.5 Å². The molecule has 0 saturated carbocycles. The Balaban J connectivity index is 2.00. The zero-order valence-electron chi connectivity index (χ0n) is 12.2. The van der Waals surface area contributed by atoms with Gasteiger partial charge in [-0.3, -0.25) is 0 Å². The number of rotatable bonds is 3. The minimum Gasteiger partial charge on any atom is -0.493 e. The third kappa shape index (κ3) is 2.58. The summed E-state index contributed by atoms with van der Waals surface area (Å²) in [5, 5.41) is 10.4. The zero-order valence-corrected chi connectivity index (χ0v) is 13.8. The third-order valence-electron chi connectivity index (χ3n) is 3.51. The summed E-state index contributed by atoms with van der Waals surface area (Å²) in [7, 11) is 3.17. The molecule has 0 bridgehead atoms. The van der Waals surface area contributed by atoms with Gasteiger partial charge in [0.25, 0.3) is 0 Å². The quantitative estimate of drug-likeness (QED) is 0.898. The molecule has 2 aromatic carbocycles. The minimum atomic E-state index is -0.767. The second kappa shape index (κ2) is 6.02. The van der Waals surface area contributed by atoms with Crippen molar-refractivity contribution in [2.45, 2.75) is 6.10 Å². The van der Waals surface area contributed by atoms with E-state index in [1.807, 2.05) is 36.4 Å². The summed E-state index contributed by atoms with van der Waals surface area (Å²) < 4.78 is 17.1. The highest BCUT2D eigenvalue weighted by Crippen LogP contribution is 2.41. The number of aliphatic hydroxyl groups is 1. The fraction of sp³-hybridized carbons (Fsp3) is 0.176. The van der Waals surface area contributed by atoms with Gasteiger partial charge in [0.2, 0.25) is 0 Å². The molecule has 4 nitrogen and oxygen atoms in total. The van der Waals surface area contributed by atoms with Crippen LogP contribution in [0.3, 0.4) is 0 Å². The van der Waals surface area contributed by atoms with Gasteiger partial charge < -0.3 is 19.3 Å². The Morgan fingerprint density at radius 3 is 2.50 bits per heavy atom. The highest BCUT2D eigenvalue weighted by Gasteiger charge is 2.27. The summed E-state index contributed by atoms with van der Waals surface area (Å²) in [4.78, 5) is 0. The SMILES string of the molecule is COc1cc(Br)c(C=C2Oc3ccccc3C2O)cc1OC. The van der Waals surface area contributed by atoms with Crippen molar-refractivity contribution >= 4 is 22.0 Å². The van der Waals surface area contributed by atoms with Crippen molar-refractivity contribution in [2.75, 3.05) is 14.2 Å². The monoisotopic (exact) mass is 362 g/mol. The zero-order chi connectivity index (χ0) is 15.7. The van der Waals surface area contributed by atoms with Gasteiger partial charge in [0, 0.05) is 10.0 Å². The third-order valence-corrected chi connectivity index (χ3v) is 4.20. The molecule has 114 valence electrons. The van der Waals surface area contributed by atoms with E-state index in [2.05, 4.69) is 15.9 Å². The van der Waals surface area contributed by atoms with E-state index in [0.717, 1.165) is 15.6 Å². The number of hydrogen-bond donors (Lipinski definition) is 1. The average molecular weight is 363 g/mol. The molecule has 0 aromatic heterocycles. The van der Waals surface area contributed by atoms with Crippen LogP contribution in [0.25, 0.3) is 6.08 Å². The number of para-hydroxylation sites is 1.